The highest BCUT2D eigenvalue weighted by Crippen LogP contribution is 2.37. The van der Waals surface area contributed by atoms with Gasteiger partial charge >= 0.3 is 0 Å². The average molecular weight is 254 g/mol. The third kappa shape index (κ3) is 2.66. The fraction of sp³-hybridized carbons (Fsp3) is 1.00. The van der Waals surface area contributed by atoms with Crippen LogP contribution in [0, 0.1) is 5.92 Å². The predicted octanol–water partition coefficient (Wildman–Crippen LogP) is 2.34. The second kappa shape index (κ2) is 5.50. The van der Waals surface area contributed by atoms with Crippen LogP contribution < -0.4 is 5.32 Å². The molecule has 2 bridgehead atoms. The molecule has 0 aromatic carbocycles. The number of hydrogen-bond acceptors (Lipinski definition) is 3. The van der Waals surface area contributed by atoms with Gasteiger partial charge in [-0.3, -0.25) is 4.90 Å². The highest BCUT2D eigenvalue weighted by molar-refractivity contribution is 7.99. The fourth-order valence-corrected chi connectivity index (χ4v) is 5.24. The molecular formula is C14H26N2S. The van der Waals surface area contributed by atoms with Crippen molar-refractivity contribution in [1.82, 2.24) is 10.2 Å². The van der Waals surface area contributed by atoms with Gasteiger partial charge in [-0.25, -0.2) is 0 Å². The summed E-state index contributed by atoms with van der Waals surface area (Å²) in [7, 11) is 2.14. The summed E-state index contributed by atoms with van der Waals surface area (Å²) in [5.41, 5.74) is 0. The topological polar surface area (TPSA) is 15.3 Å². The first-order valence-electron chi connectivity index (χ1n) is 7.37. The Balaban J connectivity index is 1.57. The van der Waals surface area contributed by atoms with E-state index in [0.717, 1.165) is 24.0 Å². The number of rotatable bonds is 3. The van der Waals surface area contributed by atoms with E-state index in [9.17, 15) is 0 Å². The monoisotopic (exact) mass is 254 g/mol. The zero-order chi connectivity index (χ0) is 11.7. The minimum Gasteiger partial charge on any atom is -0.317 e. The van der Waals surface area contributed by atoms with E-state index in [1.165, 1.54) is 56.6 Å². The first-order chi connectivity index (χ1) is 8.36. The fourth-order valence-electron chi connectivity index (χ4n) is 4.04. The van der Waals surface area contributed by atoms with Gasteiger partial charge in [0.2, 0.25) is 0 Å². The second-order valence-electron chi connectivity index (χ2n) is 6.09. The Hall–Kier alpha value is 0.270. The van der Waals surface area contributed by atoms with E-state index in [4.69, 9.17) is 0 Å². The van der Waals surface area contributed by atoms with Crippen LogP contribution in [0.1, 0.15) is 38.5 Å². The minimum absolute atomic E-state index is 0.797. The average Bonchev–Trinajstić information content (AvgIpc) is 2.63. The third-order valence-corrected chi connectivity index (χ3v) is 6.15. The summed E-state index contributed by atoms with van der Waals surface area (Å²) in [6.45, 7) is 1.41. The number of fused-ring (bicyclic) bond motifs is 2. The van der Waals surface area contributed by atoms with Gasteiger partial charge in [-0.15, -0.1) is 0 Å². The summed E-state index contributed by atoms with van der Waals surface area (Å²) in [6, 6.07) is 2.60. The third-order valence-electron chi connectivity index (χ3n) is 5.10. The normalized spacial score (nSPS) is 39.7. The van der Waals surface area contributed by atoms with Crippen molar-refractivity contribution in [3.05, 3.63) is 0 Å². The van der Waals surface area contributed by atoms with Gasteiger partial charge in [-0.1, -0.05) is 0 Å². The molecule has 3 fully saturated rings. The van der Waals surface area contributed by atoms with E-state index in [1.807, 2.05) is 0 Å². The molecule has 3 aliphatic heterocycles. The summed E-state index contributed by atoms with van der Waals surface area (Å²) in [6.07, 6.45) is 8.66. The molecule has 3 aliphatic rings. The highest BCUT2D eigenvalue weighted by atomic mass is 32.2. The minimum atomic E-state index is 0.797. The molecule has 98 valence electrons. The molecule has 0 spiro atoms. The zero-order valence-corrected chi connectivity index (χ0v) is 11.8. The molecule has 1 N–H and O–H groups in total. The zero-order valence-electron chi connectivity index (χ0n) is 11.0. The van der Waals surface area contributed by atoms with Gasteiger partial charge in [0.25, 0.3) is 0 Å². The lowest BCUT2D eigenvalue weighted by Crippen LogP contribution is -2.50. The highest BCUT2D eigenvalue weighted by Gasteiger charge is 2.40. The smallest absolute Gasteiger partial charge is 0.0114 e. The molecule has 3 heteroatoms. The lowest BCUT2D eigenvalue weighted by molar-refractivity contribution is 0.0974. The molecule has 0 aromatic heterocycles. The van der Waals surface area contributed by atoms with Crippen LogP contribution in [0.2, 0.25) is 0 Å². The summed E-state index contributed by atoms with van der Waals surface area (Å²) in [4.78, 5) is 2.88. The number of thioether (sulfide) groups is 1. The molecule has 2 nitrogen and oxygen atoms in total. The molecule has 0 saturated carbocycles. The molecule has 2 unspecified atom stereocenters. The number of hydrogen-bond donors (Lipinski definition) is 1. The van der Waals surface area contributed by atoms with E-state index in [0.29, 0.717) is 0 Å². The van der Waals surface area contributed by atoms with Crippen molar-refractivity contribution < 1.29 is 0 Å². The molecule has 0 aromatic rings. The maximum Gasteiger partial charge on any atom is 0.0114 e. The van der Waals surface area contributed by atoms with Crippen LogP contribution in [0.4, 0.5) is 0 Å². The number of piperidine rings is 1. The van der Waals surface area contributed by atoms with Crippen molar-refractivity contribution in [2.75, 3.05) is 25.1 Å². The Morgan fingerprint density at radius 3 is 2.29 bits per heavy atom. The van der Waals surface area contributed by atoms with Crippen molar-refractivity contribution in [3.8, 4) is 0 Å². The van der Waals surface area contributed by atoms with Gasteiger partial charge in [-0.05, 0) is 63.0 Å². The van der Waals surface area contributed by atoms with E-state index in [2.05, 4.69) is 29.0 Å². The maximum absolute atomic E-state index is 3.50. The van der Waals surface area contributed by atoms with E-state index in [-0.39, 0.29) is 0 Å². The van der Waals surface area contributed by atoms with E-state index >= 15 is 0 Å². The molecular weight excluding hydrogens is 228 g/mol. The Bertz CT molecular complexity index is 239. The lowest BCUT2D eigenvalue weighted by Gasteiger charge is -2.41. The van der Waals surface area contributed by atoms with Crippen LogP contribution in [0.3, 0.4) is 0 Å². The van der Waals surface area contributed by atoms with Crippen LogP contribution in [0.5, 0.6) is 0 Å². The van der Waals surface area contributed by atoms with Crippen LogP contribution in [-0.4, -0.2) is 48.1 Å². The summed E-state index contributed by atoms with van der Waals surface area (Å²) in [5.74, 6) is 3.82. The van der Waals surface area contributed by atoms with Crippen molar-refractivity contribution in [3.63, 3.8) is 0 Å². The van der Waals surface area contributed by atoms with Gasteiger partial charge in [-0.2, -0.15) is 11.8 Å². The standard InChI is InChI=1S/C14H26N2S/c1-15-12-8-13-2-3-14(9-12)16(13)10-11-4-6-17-7-5-11/h11-15H,2-10H2,1H3. The van der Waals surface area contributed by atoms with Gasteiger partial charge in [0, 0.05) is 24.7 Å². The Morgan fingerprint density at radius 1 is 1.06 bits per heavy atom. The predicted molar refractivity (Wildman–Crippen MR) is 75.6 cm³/mol. The van der Waals surface area contributed by atoms with Crippen molar-refractivity contribution in [2.24, 2.45) is 5.92 Å². The van der Waals surface area contributed by atoms with Crippen molar-refractivity contribution in [1.29, 1.82) is 0 Å². The molecule has 0 aliphatic carbocycles. The molecule has 17 heavy (non-hydrogen) atoms. The lowest BCUT2D eigenvalue weighted by atomic mass is 9.94. The molecule has 3 rings (SSSR count). The number of nitrogens with zero attached hydrogens (tertiary/aromatic N) is 1. The SMILES string of the molecule is CNC1CC2CCC(C1)N2CC1CCSCC1. The second-order valence-corrected chi connectivity index (χ2v) is 7.32. The maximum atomic E-state index is 3.50. The van der Waals surface area contributed by atoms with Gasteiger partial charge in [0.05, 0.1) is 0 Å². The first-order valence-corrected chi connectivity index (χ1v) is 8.53. The van der Waals surface area contributed by atoms with Crippen LogP contribution in [-0.2, 0) is 0 Å². The van der Waals surface area contributed by atoms with Gasteiger partial charge in [0.15, 0.2) is 0 Å². The van der Waals surface area contributed by atoms with Crippen molar-refractivity contribution >= 4 is 11.8 Å². The van der Waals surface area contributed by atoms with Crippen LogP contribution in [0.25, 0.3) is 0 Å². The van der Waals surface area contributed by atoms with E-state index < -0.39 is 0 Å². The summed E-state index contributed by atoms with van der Waals surface area (Å²) < 4.78 is 0. The van der Waals surface area contributed by atoms with Crippen LogP contribution in [0.15, 0.2) is 0 Å². The Labute approximate surface area is 110 Å². The largest absolute Gasteiger partial charge is 0.317 e. The molecule has 0 amide bonds. The van der Waals surface area contributed by atoms with E-state index in [1.54, 1.807) is 0 Å². The van der Waals surface area contributed by atoms with Gasteiger partial charge < -0.3 is 5.32 Å². The Kier molecular flexibility index (Phi) is 3.98. The van der Waals surface area contributed by atoms with Crippen LogP contribution >= 0.6 is 11.8 Å². The van der Waals surface area contributed by atoms with Gasteiger partial charge in [0.1, 0.15) is 0 Å². The first kappa shape index (κ1) is 12.3. The summed E-state index contributed by atoms with van der Waals surface area (Å²) in [5, 5.41) is 3.50. The van der Waals surface area contributed by atoms with Crippen molar-refractivity contribution in [2.45, 2.75) is 56.7 Å². The Morgan fingerprint density at radius 2 is 1.71 bits per heavy atom. The summed E-state index contributed by atoms with van der Waals surface area (Å²) >= 11 is 2.15. The number of nitrogens with one attached hydrogen (secondary N) is 1. The molecule has 2 atom stereocenters. The quantitative estimate of drug-likeness (QED) is 0.832. The molecule has 0 radical (unpaired) electrons. The molecule has 3 saturated heterocycles. The molecule has 3 heterocycles.